The van der Waals surface area contributed by atoms with Crippen LogP contribution in [-0.2, 0) is 17.9 Å². The predicted molar refractivity (Wildman–Crippen MR) is 137 cm³/mol. The van der Waals surface area contributed by atoms with Crippen LogP contribution in [0.25, 0.3) is 11.3 Å². The number of hydrogen-bond donors (Lipinski definition) is 2. The molecule has 1 aliphatic carbocycles. The molecule has 37 heavy (non-hydrogen) atoms. The predicted octanol–water partition coefficient (Wildman–Crippen LogP) is 4.60. The number of nitrogens with one attached hydrogen (secondary N) is 2. The highest BCUT2D eigenvalue weighted by atomic mass is 35.5. The molecule has 12 heteroatoms. The SMILES string of the molecule is O=C(Nc1cc(NCc2cn3cc(C4CC4)ccc3n2)ccn1)OCc1ccccc1-n1nnnc1Cl. The number of nitrogens with zero attached hydrogens (tertiary/aromatic N) is 7. The first-order chi connectivity index (χ1) is 18.1. The van der Waals surface area contributed by atoms with Crippen molar-refractivity contribution in [3.63, 3.8) is 0 Å². The van der Waals surface area contributed by atoms with Gasteiger partial charge in [-0.3, -0.25) is 5.32 Å². The second kappa shape index (κ2) is 9.86. The molecule has 1 amide bonds. The van der Waals surface area contributed by atoms with Crippen molar-refractivity contribution in [3.05, 3.63) is 89.2 Å². The molecule has 0 saturated heterocycles. The second-order valence-corrected chi connectivity index (χ2v) is 9.05. The maximum atomic E-state index is 12.4. The standard InChI is InChI=1S/C25H22ClN9O2/c26-24-31-32-33-35(24)21-4-2-1-3-18(21)15-37-25(36)30-22-11-19(9-10-27-22)28-12-20-14-34-13-17(16-5-6-16)7-8-23(34)29-20/h1-4,7-11,13-14,16H,5-6,12,15H2,(H2,27,28,30,36). The Labute approximate surface area is 216 Å². The lowest BCUT2D eigenvalue weighted by Crippen LogP contribution is -2.15. The molecule has 5 aromatic rings. The molecule has 186 valence electrons. The van der Waals surface area contributed by atoms with Crippen molar-refractivity contribution in [1.29, 1.82) is 0 Å². The Bertz CT molecular complexity index is 1580. The number of anilines is 2. The summed E-state index contributed by atoms with van der Waals surface area (Å²) in [5.74, 6) is 1.05. The summed E-state index contributed by atoms with van der Waals surface area (Å²) in [5.41, 5.74) is 5.30. The van der Waals surface area contributed by atoms with Gasteiger partial charge in [-0.1, -0.05) is 29.4 Å². The molecule has 2 N–H and O–H groups in total. The van der Waals surface area contributed by atoms with Crippen LogP contribution in [0, 0.1) is 0 Å². The third-order valence-corrected chi connectivity index (χ3v) is 6.28. The van der Waals surface area contributed by atoms with Gasteiger partial charge in [0.1, 0.15) is 18.1 Å². The first kappa shape index (κ1) is 22.9. The molecule has 0 spiro atoms. The first-order valence-corrected chi connectivity index (χ1v) is 12.1. The summed E-state index contributed by atoms with van der Waals surface area (Å²) < 4.78 is 8.84. The fraction of sp³-hybridized carbons (Fsp3) is 0.200. The number of tetrazole rings is 1. The van der Waals surface area contributed by atoms with Gasteiger partial charge in [0, 0.05) is 35.9 Å². The highest BCUT2D eigenvalue weighted by Gasteiger charge is 2.23. The molecular weight excluding hydrogens is 494 g/mol. The number of fused-ring (bicyclic) bond motifs is 1. The minimum absolute atomic E-state index is 0.00746. The van der Waals surface area contributed by atoms with Crippen molar-refractivity contribution < 1.29 is 9.53 Å². The van der Waals surface area contributed by atoms with Crippen LogP contribution >= 0.6 is 11.6 Å². The molecule has 4 heterocycles. The molecule has 0 unspecified atom stereocenters. The Morgan fingerprint density at radius 2 is 2.03 bits per heavy atom. The summed E-state index contributed by atoms with van der Waals surface area (Å²) in [6.07, 6.45) is 7.70. The number of carbonyl (C=O) groups excluding carboxylic acids is 1. The van der Waals surface area contributed by atoms with Gasteiger partial charge in [0.25, 0.3) is 0 Å². The minimum Gasteiger partial charge on any atom is -0.444 e. The number of imidazole rings is 1. The Morgan fingerprint density at radius 3 is 2.86 bits per heavy atom. The van der Waals surface area contributed by atoms with Crippen LogP contribution in [0.2, 0.25) is 5.28 Å². The summed E-state index contributed by atoms with van der Waals surface area (Å²) in [6, 6.07) is 15.0. The molecule has 1 fully saturated rings. The first-order valence-electron chi connectivity index (χ1n) is 11.8. The third-order valence-electron chi connectivity index (χ3n) is 6.05. The summed E-state index contributed by atoms with van der Waals surface area (Å²) in [7, 11) is 0. The van der Waals surface area contributed by atoms with E-state index >= 15 is 0 Å². The van der Waals surface area contributed by atoms with Crippen molar-refractivity contribution in [1.82, 2.24) is 34.6 Å². The normalized spacial score (nSPS) is 13.0. The van der Waals surface area contributed by atoms with Crippen molar-refractivity contribution in [2.24, 2.45) is 0 Å². The van der Waals surface area contributed by atoms with Gasteiger partial charge < -0.3 is 14.5 Å². The topological polar surface area (TPSA) is 124 Å². The Morgan fingerprint density at radius 1 is 1.14 bits per heavy atom. The maximum Gasteiger partial charge on any atom is 0.413 e. The zero-order chi connectivity index (χ0) is 25.2. The lowest BCUT2D eigenvalue weighted by Gasteiger charge is -2.11. The van der Waals surface area contributed by atoms with Crippen LogP contribution in [-0.4, -0.2) is 40.7 Å². The zero-order valence-corrected chi connectivity index (χ0v) is 20.3. The van der Waals surface area contributed by atoms with Crippen LogP contribution in [0.5, 0.6) is 0 Å². The van der Waals surface area contributed by atoms with Gasteiger partial charge in [-0.15, -0.1) is 0 Å². The van der Waals surface area contributed by atoms with Gasteiger partial charge in [-0.2, -0.15) is 4.68 Å². The molecule has 1 aromatic carbocycles. The molecule has 0 bridgehead atoms. The van der Waals surface area contributed by atoms with Gasteiger partial charge in [0.15, 0.2) is 0 Å². The number of amides is 1. The van der Waals surface area contributed by atoms with E-state index in [2.05, 4.69) is 58.9 Å². The van der Waals surface area contributed by atoms with E-state index in [1.54, 1.807) is 24.4 Å². The molecule has 1 aliphatic rings. The average molecular weight is 516 g/mol. The van der Waals surface area contributed by atoms with Crippen LogP contribution in [0.3, 0.4) is 0 Å². The van der Waals surface area contributed by atoms with E-state index in [4.69, 9.17) is 16.3 Å². The van der Waals surface area contributed by atoms with Crippen LogP contribution < -0.4 is 10.6 Å². The van der Waals surface area contributed by atoms with Crippen LogP contribution in [0.15, 0.2) is 67.1 Å². The summed E-state index contributed by atoms with van der Waals surface area (Å²) in [4.78, 5) is 21.3. The number of aromatic nitrogens is 7. The van der Waals surface area contributed by atoms with E-state index < -0.39 is 6.09 Å². The number of benzene rings is 1. The molecule has 0 atom stereocenters. The monoisotopic (exact) mass is 515 g/mol. The second-order valence-electron chi connectivity index (χ2n) is 8.71. The smallest absolute Gasteiger partial charge is 0.413 e. The Hall–Kier alpha value is -4.51. The van der Waals surface area contributed by atoms with Gasteiger partial charge in [-0.25, -0.2) is 14.8 Å². The van der Waals surface area contributed by atoms with Gasteiger partial charge in [-0.05, 0) is 64.5 Å². The fourth-order valence-electron chi connectivity index (χ4n) is 4.05. The lowest BCUT2D eigenvalue weighted by molar-refractivity contribution is 0.155. The average Bonchev–Trinajstić information content (AvgIpc) is 3.55. The molecule has 0 radical (unpaired) electrons. The molecular formula is C25H22ClN9O2. The summed E-state index contributed by atoms with van der Waals surface area (Å²) in [6.45, 7) is 0.525. The number of ether oxygens (including phenoxy) is 1. The zero-order valence-electron chi connectivity index (χ0n) is 19.6. The minimum atomic E-state index is -0.644. The van der Waals surface area contributed by atoms with E-state index in [-0.39, 0.29) is 11.9 Å². The van der Waals surface area contributed by atoms with E-state index in [1.165, 1.54) is 23.1 Å². The van der Waals surface area contributed by atoms with E-state index in [9.17, 15) is 4.79 Å². The van der Waals surface area contributed by atoms with Crippen molar-refractivity contribution in [2.45, 2.75) is 31.9 Å². The highest BCUT2D eigenvalue weighted by Crippen LogP contribution is 2.39. The molecule has 11 nitrogen and oxygen atoms in total. The lowest BCUT2D eigenvalue weighted by atomic mass is 10.2. The van der Waals surface area contributed by atoms with Crippen molar-refractivity contribution in [2.75, 3.05) is 10.6 Å². The molecule has 0 aliphatic heterocycles. The number of carbonyl (C=O) groups is 1. The molecule has 1 saturated carbocycles. The maximum absolute atomic E-state index is 12.4. The fourth-order valence-corrected chi connectivity index (χ4v) is 4.21. The van der Waals surface area contributed by atoms with Crippen molar-refractivity contribution in [3.8, 4) is 5.69 Å². The number of halogens is 1. The number of hydrogen-bond acceptors (Lipinski definition) is 8. The van der Waals surface area contributed by atoms with E-state index in [1.807, 2.05) is 24.4 Å². The van der Waals surface area contributed by atoms with Crippen LogP contribution in [0.4, 0.5) is 16.3 Å². The molecule has 6 rings (SSSR count). The quantitative estimate of drug-likeness (QED) is 0.307. The Balaban J connectivity index is 1.06. The highest BCUT2D eigenvalue weighted by molar-refractivity contribution is 6.28. The van der Waals surface area contributed by atoms with Crippen molar-refractivity contribution >= 4 is 34.8 Å². The van der Waals surface area contributed by atoms with Gasteiger partial charge in [0.05, 0.1) is 17.9 Å². The largest absolute Gasteiger partial charge is 0.444 e. The summed E-state index contributed by atoms with van der Waals surface area (Å²) in [5, 5.41) is 17.2. The Kier molecular flexibility index (Phi) is 6.11. The number of pyridine rings is 2. The molecule has 4 aromatic heterocycles. The van der Waals surface area contributed by atoms with Gasteiger partial charge >= 0.3 is 6.09 Å². The van der Waals surface area contributed by atoms with E-state index in [0.29, 0.717) is 29.5 Å². The number of rotatable bonds is 8. The number of para-hydroxylation sites is 1. The summed E-state index contributed by atoms with van der Waals surface area (Å²) >= 11 is 6.02. The van der Waals surface area contributed by atoms with Gasteiger partial charge in [0.2, 0.25) is 5.28 Å². The third kappa shape index (κ3) is 5.21. The van der Waals surface area contributed by atoms with E-state index in [0.717, 1.165) is 17.0 Å². The van der Waals surface area contributed by atoms with Crippen LogP contribution in [0.1, 0.15) is 35.6 Å².